The number of hydrogen-bond acceptors (Lipinski definition) is 6. The van der Waals surface area contributed by atoms with Crippen LogP contribution in [0, 0.1) is 0 Å². The highest BCUT2D eigenvalue weighted by atomic mass is 35.5. The van der Waals surface area contributed by atoms with Crippen LogP contribution in [-0.2, 0) is 20.1 Å². The predicted octanol–water partition coefficient (Wildman–Crippen LogP) is 2.51. The van der Waals surface area contributed by atoms with Gasteiger partial charge in [-0.1, -0.05) is 29.8 Å². The summed E-state index contributed by atoms with van der Waals surface area (Å²) in [5.41, 5.74) is 1.03. The molecule has 1 N–H and O–H groups in total. The van der Waals surface area contributed by atoms with Crippen LogP contribution in [0.1, 0.15) is 12.5 Å². The van der Waals surface area contributed by atoms with Crippen molar-refractivity contribution in [1.82, 2.24) is 18.7 Å². The van der Waals surface area contributed by atoms with Crippen LogP contribution in [-0.4, -0.2) is 43.0 Å². The molecular formula is C24H24ClN5O4. The van der Waals surface area contributed by atoms with E-state index in [1.807, 2.05) is 36.1 Å². The first-order valence-electron chi connectivity index (χ1n) is 11.0. The first kappa shape index (κ1) is 22.2. The molecule has 1 unspecified atom stereocenters. The number of rotatable bonds is 5. The summed E-state index contributed by atoms with van der Waals surface area (Å²) in [7, 11) is 1.59. The summed E-state index contributed by atoms with van der Waals surface area (Å²) in [4.78, 5) is 33.2. The molecule has 10 heteroatoms. The van der Waals surface area contributed by atoms with Gasteiger partial charge >= 0.3 is 5.69 Å². The largest absolute Gasteiger partial charge is 0.494 e. The predicted molar refractivity (Wildman–Crippen MR) is 130 cm³/mol. The molecule has 2 aromatic heterocycles. The minimum atomic E-state index is -0.731. The third-order valence-electron chi connectivity index (χ3n) is 5.99. The van der Waals surface area contributed by atoms with E-state index in [4.69, 9.17) is 16.3 Å². The van der Waals surface area contributed by atoms with Crippen LogP contribution in [0.3, 0.4) is 0 Å². The Balaban J connectivity index is 1.67. The molecule has 176 valence electrons. The summed E-state index contributed by atoms with van der Waals surface area (Å²) in [6, 6.07) is 14.5. The fraction of sp³-hybridized carbons (Fsp3) is 0.292. The number of β-amino-alcohol motifs (C(OH)–C–C–N with tert-alkyl or cyclic N) is 1. The second-order valence-electron chi connectivity index (χ2n) is 8.21. The number of halogens is 1. The number of anilines is 2. The molecule has 0 amide bonds. The van der Waals surface area contributed by atoms with E-state index in [2.05, 4.69) is 4.98 Å². The van der Waals surface area contributed by atoms with Crippen molar-refractivity contribution in [3.8, 4) is 5.75 Å². The number of aliphatic hydroxyl groups excluding tert-OH is 1. The number of aliphatic hydroxyl groups is 1. The van der Waals surface area contributed by atoms with Gasteiger partial charge in [0.1, 0.15) is 5.75 Å². The van der Waals surface area contributed by atoms with Gasteiger partial charge in [0.15, 0.2) is 11.2 Å². The Hall–Kier alpha value is -3.56. The Labute approximate surface area is 200 Å². The average Bonchev–Trinajstić information content (AvgIpc) is 3.21. The van der Waals surface area contributed by atoms with Gasteiger partial charge in [0.25, 0.3) is 5.56 Å². The van der Waals surface area contributed by atoms with Crippen LogP contribution in [0.25, 0.3) is 11.2 Å². The molecule has 1 atom stereocenters. The van der Waals surface area contributed by atoms with E-state index in [1.54, 1.807) is 35.9 Å². The van der Waals surface area contributed by atoms with Gasteiger partial charge in [-0.2, -0.15) is 4.98 Å². The van der Waals surface area contributed by atoms with Gasteiger partial charge in [-0.3, -0.25) is 13.9 Å². The molecule has 0 radical (unpaired) electrons. The topological polar surface area (TPSA) is 94.5 Å². The van der Waals surface area contributed by atoms with E-state index >= 15 is 0 Å². The maximum absolute atomic E-state index is 13.5. The number of imidazole rings is 1. The highest BCUT2D eigenvalue weighted by Crippen LogP contribution is 2.32. The van der Waals surface area contributed by atoms with Gasteiger partial charge < -0.3 is 19.3 Å². The minimum absolute atomic E-state index is 0.0345. The summed E-state index contributed by atoms with van der Waals surface area (Å²) >= 11 is 6.28. The molecule has 9 nitrogen and oxygen atoms in total. The summed E-state index contributed by atoms with van der Waals surface area (Å²) in [5.74, 6) is 1.23. The molecule has 0 bridgehead atoms. The lowest BCUT2D eigenvalue weighted by Crippen LogP contribution is -2.42. The molecule has 1 aliphatic heterocycles. The zero-order valence-corrected chi connectivity index (χ0v) is 19.6. The van der Waals surface area contributed by atoms with Crippen molar-refractivity contribution in [1.29, 1.82) is 0 Å². The molecule has 3 heterocycles. The number of aromatic nitrogens is 4. The fourth-order valence-corrected chi connectivity index (χ4v) is 4.54. The number of aryl methyl sites for hydroxylation is 1. The van der Waals surface area contributed by atoms with Gasteiger partial charge in [0.2, 0.25) is 5.95 Å². The molecular weight excluding hydrogens is 458 g/mol. The molecule has 0 aliphatic carbocycles. The van der Waals surface area contributed by atoms with Crippen LogP contribution in [0.2, 0.25) is 5.02 Å². The lowest BCUT2D eigenvalue weighted by Gasteiger charge is -2.32. The molecule has 0 saturated carbocycles. The maximum atomic E-state index is 13.5. The highest BCUT2D eigenvalue weighted by molar-refractivity contribution is 6.31. The van der Waals surface area contributed by atoms with Gasteiger partial charge in [0.05, 0.1) is 32.3 Å². The SMILES string of the molecule is CCOc1ccc(N2CC(O)Cn3c2nc2c3c(=O)n(Cc3ccccc3Cl)c(=O)n2C)cc1. The molecule has 0 spiro atoms. The average molecular weight is 482 g/mol. The highest BCUT2D eigenvalue weighted by Gasteiger charge is 2.30. The lowest BCUT2D eigenvalue weighted by atomic mass is 10.2. The van der Waals surface area contributed by atoms with E-state index in [0.29, 0.717) is 29.7 Å². The van der Waals surface area contributed by atoms with Gasteiger partial charge in [-0.05, 0) is 42.8 Å². The van der Waals surface area contributed by atoms with Crippen molar-refractivity contribution in [2.75, 3.05) is 18.1 Å². The van der Waals surface area contributed by atoms with Crippen molar-refractivity contribution in [2.45, 2.75) is 26.1 Å². The molecule has 0 fully saturated rings. The summed E-state index contributed by atoms with van der Waals surface area (Å²) in [5, 5.41) is 11.1. The number of benzene rings is 2. The monoisotopic (exact) mass is 481 g/mol. The zero-order valence-electron chi connectivity index (χ0n) is 18.8. The fourth-order valence-electron chi connectivity index (χ4n) is 4.35. The van der Waals surface area contributed by atoms with Crippen molar-refractivity contribution in [3.63, 3.8) is 0 Å². The van der Waals surface area contributed by atoms with Gasteiger partial charge in [0, 0.05) is 17.8 Å². The van der Waals surface area contributed by atoms with Gasteiger partial charge in [-0.15, -0.1) is 0 Å². The second kappa shape index (κ2) is 8.66. The molecule has 2 aromatic carbocycles. The van der Waals surface area contributed by atoms with Gasteiger partial charge in [-0.25, -0.2) is 4.79 Å². The maximum Gasteiger partial charge on any atom is 0.332 e. The van der Waals surface area contributed by atoms with Crippen LogP contribution in [0.15, 0.2) is 58.1 Å². The Bertz CT molecular complexity index is 1490. The number of nitrogens with zero attached hydrogens (tertiary/aromatic N) is 5. The number of ether oxygens (including phenoxy) is 1. The lowest BCUT2D eigenvalue weighted by molar-refractivity contribution is 0.154. The molecule has 1 aliphatic rings. The van der Waals surface area contributed by atoms with Crippen LogP contribution in [0.4, 0.5) is 11.6 Å². The van der Waals surface area contributed by atoms with Crippen molar-refractivity contribution >= 4 is 34.4 Å². The Kier molecular flexibility index (Phi) is 5.66. The third kappa shape index (κ3) is 3.66. The molecule has 4 aromatic rings. The van der Waals surface area contributed by atoms with E-state index in [-0.39, 0.29) is 24.3 Å². The van der Waals surface area contributed by atoms with Crippen LogP contribution < -0.4 is 20.9 Å². The standard InChI is InChI=1S/C24H24ClN5O4/c1-3-34-18-10-8-16(9-11-18)28-13-17(31)14-29-20-21(26-23(28)29)27(2)24(33)30(22(20)32)12-15-6-4-5-7-19(15)25/h4-11,17,31H,3,12-14H2,1-2H3. The Morgan fingerprint density at radius 2 is 1.85 bits per heavy atom. The first-order chi connectivity index (χ1) is 16.4. The molecule has 5 rings (SSSR count). The van der Waals surface area contributed by atoms with E-state index < -0.39 is 17.4 Å². The van der Waals surface area contributed by atoms with Crippen molar-refractivity contribution < 1.29 is 9.84 Å². The number of fused-ring (bicyclic) bond motifs is 3. The third-order valence-corrected chi connectivity index (χ3v) is 6.35. The summed E-state index contributed by atoms with van der Waals surface area (Å²) in [6.45, 7) is 3.01. The molecule has 0 saturated heterocycles. The van der Waals surface area contributed by atoms with Crippen molar-refractivity contribution in [2.24, 2.45) is 7.05 Å². The Morgan fingerprint density at radius 3 is 2.56 bits per heavy atom. The van der Waals surface area contributed by atoms with Crippen LogP contribution in [0.5, 0.6) is 5.75 Å². The van der Waals surface area contributed by atoms with Crippen molar-refractivity contribution in [3.05, 3.63) is 80.0 Å². The normalized spacial score (nSPS) is 15.5. The summed E-state index contributed by atoms with van der Waals surface area (Å²) in [6.07, 6.45) is -0.731. The van der Waals surface area contributed by atoms with Crippen LogP contribution >= 0.6 is 11.6 Å². The quantitative estimate of drug-likeness (QED) is 0.470. The Morgan fingerprint density at radius 1 is 1.12 bits per heavy atom. The number of hydrogen-bond donors (Lipinski definition) is 1. The second-order valence-corrected chi connectivity index (χ2v) is 8.62. The summed E-state index contributed by atoms with van der Waals surface area (Å²) < 4.78 is 9.72. The van der Waals surface area contributed by atoms with E-state index in [0.717, 1.165) is 16.0 Å². The molecule has 34 heavy (non-hydrogen) atoms. The smallest absolute Gasteiger partial charge is 0.332 e. The zero-order chi connectivity index (χ0) is 24.0. The van der Waals surface area contributed by atoms with E-state index in [9.17, 15) is 14.7 Å². The first-order valence-corrected chi connectivity index (χ1v) is 11.4. The van der Waals surface area contributed by atoms with E-state index in [1.165, 1.54) is 4.57 Å². The minimum Gasteiger partial charge on any atom is -0.494 e.